The van der Waals surface area contributed by atoms with Gasteiger partial charge in [-0.2, -0.15) is 4.98 Å². The van der Waals surface area contributed by atoms with Gasteiger partial charge < -0.3 is 15.2 Å². The Bertz CT molecular complexity index is 1550. The van der Waals surface area contributed by atoms with Gasteiger partial charge in [0.2, 0.25) is 5.95 Å². The van der Waals surface area contributed by atoms with Gasteiger partial charge in [0.05, 0.1) is 6.54 Å². The Balaban J connectivity index is 1.64. The maximum Gasteiger partial charge on any atom is 0.354 e. The summed E-state index contributed by atoms with van der Waals surface area (Å²) >= 11 is 5.94. The van der Waals surface area contributed by atoms with E-state index in [0.717, 1.165) is 22.3 Å². The molecule has 10 nitrogen and oxygen atoms in total. The lowest BCUT2D eigenvalue weighted by Crippen LogP contribution is -2.42. The van der Waals surface area contributed by atoms with E-state index in [1.807, 2.05) is 0 Å². The van der Waals surface area contributed by atoms with Crippen molar-refractivity contribution in [2.75, 3.05) is 5.32 Å². The molecule has 4 aromatic rings. The number of benzene rings is 2. The first kappa shape index (κ1) is 24.6. The van der Waals surface area contributed by atoms with Crippen LogP contribution in [0.25, 0.3) is 0 Å². The molecule has 0 saturated heterocycles. The van der Waals surface area contributed by atoms with E-state index in [2.05, 4.69) is 15.3 Å². The highest BCUT2D eigenvalue weighted by molar-refractivity contribution is 6.30. The van der Waals surface area contributed by atoms with Crippen LogP contribution in [0.15, 0.2) is 70.4 Å². The third-order valence-corrected chi connectivity index (χ3v) is 5.34. The van der Waals surface area contributed by atoms with Crippen molar-refractivity contribution in [2.45, 2.75) is 20.0 Å². The fourth-order valence-electron chi connectivity index (χ4n) is 3.32. The largest absolute Gasteiger partial charge is 0.477 e. The van der Waals surface area contributed by atoms with E-state index in [-0.39, 0.29) is 41.9 Å². The van der Waals surface area contributed by atoms with Crippen molar-refractivity contribution in [2.24, 2.45) is 0 Å². The summed E-state index contributed by atoms with van der Waals surface area (Å²) in [6.45, 7) is 1.87. The Morgan fingerprint density at radius 3 is 2.53 bits per heavy atom. The van der Waals surface area contributed by atoms with Gasteiger partial charge in [-0.15, -0.1) is 0 Å². The molecule has 2 N–H and O–H groups in total. The van der Waals surface area contributed by atoms with Gasteiger partial charge in [0.1, 0.15) is 5.75 Å². The van der Waals surface area contributed by atoms with Gasteiger partial charge in [0, 0.05) is 35.6 Å². The van der Waals surface area contributed by atoms with Gasteiger partial charge in [-0.05, 0) is 42.8 Å². The standard InChI is InChI=1S/C24H19ClFN5O5/c1-2-30-23(34)29-22(31(24(30)35)13-14-3-5-15(25)6-4-14)28-16-7-8-20(18(26)11-16)36-17-9-10-27-19(12-17)21(32)33/h3-12H,2,13H2,1H3,(H,32,33)(H,28,29,34). The Kier molecular flexibility index (Phi) is 7.11. The number of carbonyl (C=O) groups is 1. The van der Waals surface area contributed by atoms with Crippen molar-refractivity contribution in [3.05, 3.63) is 104 Å². The highest BCUT2D eigenvalue weighted by atomic mass is 35.5. The molecule has 0 aliphatic carbocycles. The second-order valence-electron chi connectivity index (χ2n) is 7.51. The molecule has 0 spiro atoms. The van der Waals surface area contributed by atoms with Crippen molar-refractivity contribution in [3.8, 4) is 11.5 Å². The molecule has 184 valence electrons. The number of aromatic carboxylic acids is 1. The summed E-state index contributed by atoms with van der Waals surface area (Å²) in [5.74, 6) is -2.18. The molecule has 0 atom stereocenters. The maximum absolute atomic E-state index is 14.8. The number of carboxylic acids is 1. The number of ether oxygens (including phenoxy) is 1. The van der Waals surface area contributed by atoms with E-state index in [4.69, 9.17) is 21.4 Å². The lowest BCUT2D eigenvalue weighted by atomic mass is 10.2. The van der Waals surface area contributed by atoms with Crippen LogP contribution in [0.1, 0.15) is 23.0 Å². The van der Waals surface area contributed by atoms with E-state index >= 15 is 0 Å². The second kappa shape index (κ2) is 10.4. The van der Waals surface area contributed by atoms with Crippen LogP contribution >= 0.6 is 11.6 Å². The van der Waals surface area contributed by atoms with Crippen molar-refractivity contribution < 1.29 is 19.0 Å². The molecule has 4 rings (SSSR count). The summed E-state index contributed by atoms with van der Waals surface area (Å²) in [6, 6.07) is 13.2. The first-order valence-electron chi connectivity index (χ1n) is 10.6. The monoisotopic (exact) mass is 511 g/mol. The molecule has 0 bridgehead atoms. The lowest BCUT2D eigenvalue weighted by molar-refractivity contribution is 0.0690. The minimum Gasteiger partial charge on any atom is -0.477 e. The molecular weight excluding hydrogens is 493 g/mol. The van der Waals surface area contributed by atoms with Gasteiger partial charge in [0.15, 0.2) is 17.3 Å². The Morgan fingerprint density at radius 1 is 1.11 bits per heavy atom. The van der Waals surface area contributed by atoms with E-state index < -0.39 is 23.2 Å². The Morgan fingerprint density at radius 2 is 1.86 bits per heavy atom. The molecule has 0 saturated carbocycles. The number of anilines is 2. The minimum absolute atomic E-state index is 0.0713. The molecule has 2 heterocycles. The zero-order valence-corrected chi connectivity index (χ0v) is 19.6. The first-order valence-corrected chi connectivity index (χ1v) is 11.0. The van der Waals surface area contributed by atoms with Gasteiger partial charge in [-0.1, -0.05) is 23.7 Å². The predicted octanol–water partition coefficient (Wildman–Crippen LogP) is 3.89. The molecule has 0 unspecified atom stereocenters. The number of nitrogens with one attached hydrogen (secondary N) is 1. The lowest BCUT2D eigenvalue weighted by Gasteiger charge is -2.16. The molecule has 0 fully saturated rings. The number of halogens is 2. The molecule has 2 aromatic heterocycles. The molecule has 36 heavy (non-hydrogen) atoms. The number of nitrogens with zero attached hydrogens (tertiary/aromatic N) is 4. The first-order chi connectivity index (χ1) is 17.2. The van der Waals surface area contributed by atoms with E-state index in [1.54, 1.807) is 31.2 Å². The second-order valence-corrected chi connectivity index (χ2v) is 7.95. The van der Waals surface area contributed by atoms with Crippen LogP contribution in [0.2, 0.25) is 5.02 Å². The quantitative estimate of drug-likeness (QED) is 0.364. The SMILES string of the molecule is CCn1c(=O)nc(Nc2ccc(Oc3ccnc(C(=O)O)c3)c(F)c2)n(Cc2ccc(Cl)cc2)c1=O. The van der Waals surface area contributed by atoms with E-state index in [9.17, 15) is 18.8 Å². The summed E-state index contributed by atoms with van der Waals surface area (Å²) in [4.78, 5) is 44.1. The Hall–Kier alpha value is -4.51. The van der Waals surface area contributed by atoms with Crippen LogP contribution in [0.3, 0.4) is 0 Å². The van der Waals surface area contributed by atoms with Crippen LogP contribution < -0.4 is 21.4 Å². The summed E-state index contributed by atoms with van der Waals surface area (Å²) in [5.41, 5.74) is -0.642. The Labute approximate surface area is 208 Å². The number of carboxylic acid groups (broad SMARTS) is 1. The number of pyridine rings is 1. The fraction of sp³-hybridized carbons (Fsp3) is 0.125. The zero-order chi connectivity index (χ0) is 25.8. The predicted molar refractivity (Wildman–Crippen MR) is 130 cm³/mol. The molecule has 0 amide bonds. The molecule has 2 aromatic carbocycles. The smallest absolute Gasteiger partial charge is 0.354 e. The number of rotatable bonds is 8. The highest BCUT2D eigenvalue weighted by Gasteiger charge is 2.15. The van der Waals surface area contributed by atoms with Crippen LogP contribution in [0.5, 0.6) is 11.5 Å². The molecule has 0 aliphatic heterocycles. The van der Waals surface area contributed by atoms with Crippen molar-refractivity contribution in [1.82, 2.24) is 19.1 Å². The van der Waals surface area contributed by atoms with Crippen LogP contribution in [-0.4, -0.2) is 30.2 Å². The third kappa shape index (κ3) is 5.41. The maximum atomic E-state index is 14.8. The summed E-state index contributed by atoms with van der Waals surface area (Å²) < 4.78 is 22.5. The van der Waals surface area contributed by atoms with Crippen LogP contribution in [-0.2, 0) is 13.1 Å². The number of hydrogen-bond donors (Lipinski definition) is 2. The summed E-state index contributed by atoms with van der Waals surface area (Å²) in [6.07, 6.45) is 1.23. The van der Waals surface area contributed by atoms with Crippen molar-refractivity contribution in [3.63, 3.8) is 0 Å². The van der Waals surface area contributed by atoms with Gasteiger partial charge in [-0.3, -0.25) is 4.57 Å². The molecule has 0 radical (unpaired) electrons. The van der Waals surface area contributed by atoms with E-state index in [1.165, 1.54) is 29.0 Å². The van der Waals surface area contributed by atoms with E-state index in [0.29, 0.717) is 5.02 Å². The highest BCUT2D eigenvalue weighted by Crippen LogP contribution is 2.28. The number of hydrogen-bond acceptors (Lipinski definition) is 7. The zero-order valence-electron chi connectivity index (χ0n) is 18.8. The molecular formula is C24H19ClFN5O5. The fourth-order valence-corrected chi connectivity index (χ4v) is 3.45. The normalized spacial score (nSPS) is 10.8. The average molecular weight is 512 g/mol. The van der Waals surface area contributed by atoms with Crippen molar-refractivity contribution >= 4 is 29.2 Å². The van der Waals surface area contributed by atoms with Gasteiger partial charge >= 0.3 is 17.3 Å². The summed E-state index contributed by atoms with van der Waals surface area (Å²) in [7, 11) is 0. The topological polar surface area (TPSA) is 128 Å². The average Bonchev–Trinajstić information content (AvgIpc) is 2.85. The number of aromatic nitrogens is 4. The molecule has 0 aliphatic rings. The summed E-state index contributed by atoms with van der Waals surface area (Å²) in [5, 5.41) is 12.4. The van der Waals surface area contributed by atoms with Crippen LogP contribution in [0, 0.1) is 5.82 Å². The van der Waals surface area contributed by atoms with Gasteiger partial charge in [0.25, 0.3) is 0 Å². The third-order valence-electron chi connectivity index (χ3n) is 5.09. The van der Waals surface area contributed by atoms with Crippen LogP contribution in [0.4, 0.5) is 16.0 Å². The van der Waals surface area contributed by atoms with Crippen molar-refractivity contribution in [1.29, 1.82) is 0 Å². The minimum atomic E-state index is -1.25. The van der Waals surface area contributed by atoms with Gasteiger partial charge in [-0.25, -0.2) is 28.3 Å². The molecule has 12 heteroatoms.